The molecule has 1 unspecified atom stereocenters. The Morgan fingerprint density at radius 2 is 1.93 bits per heavy atom. The first kappa shape index (κ1) is 24.0. The van der Waals surface area contributed by atoms with Gasteiger partial charge in [0, 0.05) is 19.3 Å². The van der Waals surface area contributed by atoms with Crippen LogP contribution in [0.5, 0.6) is 11.5 Å². The molecule has 0 radical (unpaired) electrons. The van der Waals surface area contributed by atoms with Crippen LogP contribution in [-0.4, -0.2) is 44.3 Å². The predicted molar refractivity (Wildman–Crippen MR) is 125 cm³/mol. The zero-order chi connectivity index (χ0) is 19.3. The van der Waals surface area contributed by atoms with Crippen LogP contribution in [0.25, 0.3) is 0 Å². The van der Waals surface area contributed by atoms with E-state index < -0.39 is 0 Å². The van der Waals surface area contributed by atoms with Gasteiger partial charge in [0.1, 0.15) is 18.1 Å². The van der Waals surface area contributed by atoms with Gasteiger partial charge in [0.2, 0.25) is 0 Å². The highest BCUT2D eigenvalue weighted by Gasteiger charge is 2.06. The van der Waals surface area contributed by atoms with Crippen molar-refractivity contribution in [3.05, 3.63) is 54.4 Å². The molecule has 1 aromatic carbocycles. The molecule has 7 heteroatoms. The molecule has 0 aliphatic rings. The van der Waals surface area contributed by atoms with E-state index >= 15 is 0 Å². The van der Waals surface area contributed by atoms with Crippen molar-refractivity contribution in [1.29, 1.82) is 0 Å². The van der Waals surface area contributed by atoms with Crippen molar-refractivity contribution < 1.29 is 9.47 Å². The Labute approximate surface area is 185 Å². The van der Waals surface area contributed by atoms with Gasteiger partial charge < -0.3 is 20.1 Å². The SMILES string of the molecule is CCNC(=NCCC(C)c1ccc(OC)cc1)NCCOc1cccnc1.I. The first-order chi connectivity index (χ1) is 13.2. The summed E-state index contributed by atoms with van der Waals surface area (Å²) >= 11 is 0. The summed E-state index contributed by atoms with van der Waals surface area (Å²) < 4.78 is 10.8. The molecule has 28 heavy (non-hydrogen) atoms. The molecule has 2 N–H and O–H groups in total. The predicted octanol–water partition coefficient (Wildman–Crippen LogP) is 3.84. The molecule has 2 aromatic rings. The monoisotopic (exact) mass is 498 g/mol. The van der Waals surface area contributed by atoms with Gasteiger partial charge in [-0.2, -0.15) is 0 Å². The van der Waals surface area contributed by atoms with Gasteiger partial charge in [0.15, 0.2) is 5.96 Å². The van der Waals surface area contributed by atoms with Gasteiger partial charge in [0.05, 0.1) is 19.9 Å². The summed E-state index contributed by atoms with van der Waals surface area (Å²) in [5.41, 5.74) is 1.30. The van der Waals surface area contributed by atoms with E-state index in [4.69, 9.17) is 9.47 Å². The lowest BCUT2D eigenvalue weighted by Crippen LogP contribution is -2.39. The Kier molecular flexibility index (Phi) is 12.0. The number of aromatic nitrogens is 1. The maximum atomic E-state index is 5.64. The van der Waals surface area contributed by atoms with Crippen molar-refractivity contribution in [1.82, 2.24) is 15.6 Å². The van der Waals surface area contributed by atoms with Crippen LogP contribution in [0.3, 0.4) is 0 Å². The molecular weight excluding hydrogens is 467 g/mol. The summed E-state index contributed by atoms with van der Waals surface area (Å²) in [7, 11) is 1.68. The second kappa shape index (κ2) is 14.0. The summed E-state index contributed by atoms with van der Waals surface area (Å²) in [6, 6.07) is 12.0. The molecule has 0 fully saturated rings. The Morgan fingerprint density at radius 3 is 2.57 bits per heavy atom. The number of pyridine rings is 1. The molecule has 154 valence electrons. The normalized spacial score (nSPS) is 11.9. The van der Waals surface area contributed by atoms with Gasteiger partial charge in [-0.25, -0.2) is 0 Å². The molecule has 0 spiro atoms. The summed E-state index contributed by atoms with van der Waals surface area (Å²) in [6.07, 6.45) is 4.42. The largest absolute Gasteiger partial charge is 0.497 e. The van der Waals surface area contributed by atoms with Crippen LogP contribution in [0.4, 0.5) is 0 Å². The molecule has 2 rings (SSSR count). The molecule has 1 aromatic heterocycles. The maximum Gasteiger partial charge on any atom is 0.191 e. The van der Waals surface area contributed by atoms with Crippen molar-refractivity contribution >= 4 is 29.9 Å². The number of nitrogens with zero attached hydrogens (tertiary/aromatic N) is 2. The van der Waals surface area contributed by atoms with Gasteiger partial charge in [-0.1, -0.05) is 19.1 Å². The average molecular weight is 498 g/mol. The summed E-state index contributed by atoms with van der Waals surface area (Å²) in [5.74, 6) is 2.91. The zero-order valence-electron chi connectivity index (χ0n) is 16.9. The lowest BCUT2D eigenvalue weighted by molar-refractivity contribution is 0.320. The summed E-state index contributed by atoms with van der Waals surface area (Å²) in [5, 5.41) is 6.56. The van der Waals surface area contributed by atoms with Crippen molar-refractivity contribution in [2.24, 2.45) is 4.99 Å². The first-order valence-electron chi connectivity index (χ1n) is 9.42. The Hall–Kier alpha value is -2.03. The molecule has 1 atom stereocenters. The number of hydrogen-bond donors (Lipinski definition) is 2. The van der Waals surface area contributed by atoms with E-state index in [1.807, 2.05) is 24.3 Å². The van der Waals surface area contributed by atoms with Gasteiger partial charge in [0.25, 0.3) is 0 Å². The van der Waals surface area contributed by atoms with E-state index in [0.29, 0.717) is 19.1 Å². The number of methoxy groups -OCH3 is 1. The fourth-order valence-corrected chi connectivity index (χ4v) is 2.58. The lowest BCUT2D eigenvalue weighted by Gasteiger charge is -2.14. The second-order valence-electron chi connectivity index (χ2n) is 6.19. The highest BCUT2D eigenvalue weighted by molar-refractivity contribution is 14.0. The van der Waals surface area contributed by atoms with E-state index in [0.717, 1.165) is 37.0 Å². The van der Waals surface area contributed by atoms with E-state index in [1.54, 1.807) is 19.5 Å². The minimum absolute atomic E-state index is 0. The van der Waals surface area contributed by atoms with Crippen LogP contribution in [0, 0.1) is 0 Å². The smallest absolute Gasteiger partial charge is 0.191 e. The van der Waals surface area contributed by atoms with Gasteiger partial charge >= 0.3 is 0 Å². The molecule has 0 aliphatic heterocycles. The third kappa shape index (κ3) is 8.77. The molecule has 0 saturated heterocycles. The maximum absolute atomic E-state index is 5.64. The van der Waals surface area contributed by atoms with E-state index in [-0.39, 0.29) is 24.0 Å². The average Bonchev–Trinajstić information content (AvgIpc) is 2.72. The van der Waals surface area contributed by atoms with Gasteiger partial charge in [-0.3, -0.25) is 9.98 Å². The number of benzene rings is 1. The van der Waals surface area contributed by atoms with Crippen LogP contribution in [0.1, 0.15) is 31.7 Å². The second-order valence-corrected chi connectivity index (χ2v) is 6.19. The minimum atomic E-state index is 0. The van der Waals surface area contributed by atoms with Crippen LogP contribution >= 0.6 is 24.0 Å². The van der Waals surface area contributed by atoms with E-state index in [9.17, 15) is 0 Å². The molecule has 0 bridgehead atoms. The molecule has 0 amide bonds. The molecule has 0 saturated carbocycles. The number of aliphatic imine (C=N–C) groups is 1. The molecule has 0 aliphatic carbocycles. The first-order valence-corrected chi connectivity index (χ1v) is 9.42. The highest BCUT2D eigenvalue weighted by Crippen LogP contribution is 2.21. The van der Waals surface area contributed by atoms with Crippen molar-refractivity contribution in [2.75, 3.05) is 33.4 Å². The standard InChI is InChI=1S/C21H30N4O2.HI/c1-4-23-21(25-14-15-27-20-6-5-12-22-16-20)24-13-11-17(2)18-7-9-19(26-3)10-8-18;/h5-10,12,16-17H,4,11,13-15H2,1-3H3,(H2,23,24,25);1H. The van der Waals surface area contributed by atoms with E-state index in [2.05, 4.69) is 46.6 Å². The van der Waals surface area contributed by atoms with Crippen LogP contribution < -0.4 is 20.1 Å². The Balaban J connectivity index is 0.00000392. The van der Waals surface area contributed by atoms with Crippen molar-refractivity contribution in [3.8, 4) is 11.5 Å². The van der Waals surface area contributed by atoms with Crippen LogP contribution in [0.15, 0.2) is 53.8 Å². The minimum Gasteiger partial charge on any atom is -0.497 e. The molecule has 6 nitrogen and oxygen atoms in total. The van der Waals surface area contributed by atoms with E-state index in [1.165, 1.54) is 5.56 Å². The third-order valence-electron chi connectivity index (χ3n) is 4.16. The van der Waals surface area contributed by atoms with Gasteiger partial charge in [-0.05, 0) is 49.1 Å². The number of halogens is 1. The fraction of sp³-hybridized carbons (Fsp3) is 0.429. The number of rotatable bonds is 10. The van der Waals surface area contributed by atoms with Crippen LogP contribution in [0.2, 0.25) is 0 Å². The zero-order valence-corrected chi connectivity index (χ0v) is 19.2. The van der Waals surface area contributed by atoms with Crippen molar-refractivity contribution in [2.45, 2.75) is 26.2 Å². The summed E-state index contributed by atoms with van der Waals surface area (Å²) in [6.45, 7) is 7.09. The quantitative estimate of drug-likeness (QED) is 0.226. The number of guanidine groups is 1. The number of nitrogens with one attached hydrogen (secondary N) is 2. The summed E-state index contributed by atoms with van der Waals surface area (Å²) in [4.78, 5) is 8.69. The Morgan fingerprint density at radius 1 is 1.14 bits per heavy atom. The van der Waals surface area contributed by atoms with Crippen molar-refractivity contribution in [3.63, 3.8) is 0 Å². The third-order valence-corrected chi connectivity index (χ3v) is 4.16. The highest BCUT2D eigenvalue weighted by atomic mass is 127. The van der Waals surface area contributed by atoms with Crippen LogP contribution in [-0.2, 0) is 0 Å². The molecule has 1 heterocycles. The Bertz CT molecular complexity index is 681. The molecular formula is C21H31IN4O2. The number of hydrogen-bond acceptors (Lipinski definition) is 4. The van der Waals surface area contributed by atoms with Gasteiger partial charge in [-0.15, -0.1) is 24.0 Å². The fourth-order valence-electron chi connectivity index (χ4n) is 2.58. The topological polar surface area (TPSA) is 67.8 Å². The number of ether oxygens (including phenoxy) is 2. The lowest BCUT2D eigenvalue weighted by atomic mass is 9.98.